The van der Waals surface area contributed by atoms with Crippen molar-refractivity contribution in [1.29, 1.82) is 0 Å². The van der Waals surface area contributed by atoms with Gasteiger partial charge in [0.05, 0.1) is 11.8 Å². The molecule has 0 amide bonds. The minimum Gasteiger partial charge on any atom is -0.381 e. The van der Waals surface area contributed by atoms with E-state index >= 15 is 0 Å². The molecule has 5 heterocycles. The van der Waals surface area contributed by atoms with Crippen molar-refractivity contribution < 1.29 is 17.9 Å². The molecule has 158 valence electrons. The summed E-state index contributed by atoms with van der Waals surface area (Å²) in [6.07, 6.45) is 0.867. The van der Waals surface area contributed by atoms with Crippen LogP contribution in [0, 0.1) is 5.41 Å². The third kappa shape index (κ3) is 3.96. The van der Waals surface area contributed by atoms with Gasteiger partial charge in [-0.1, -0.05) is 0 Å². The summed E-state index contributed by atoms with van der Waals surface area (Å²) in [6, 6.07) is 2.30. The normalized spacial score (nSPS) is 23.6. The number of rotatable bonds is 3. The van der Waals surface area contributed by atoms with Crippen LogP contribution in [0.3, 0.4) is 0 Å². The second kappa shape index (κ2) is 7.35. The number of thiophene rings is 1. The van der Waals surface area contributed by atoms with E-state index in [2.05, 4.69) is 19.8 Å². The van der Waals surface area contributed by atoms with Crippen molar-refractivity contribution in [3.8, 4) is 0 Å². The lowest BCUT2D eigenvalue weighted by Crippen LogP contribution is -2.63. The Kier molecular flexibility index (Phi) is 4.95. The SMILES string of the molecule is FC(F)(F)Cc1cc2c(N3CCC4(CC3)CN(C3CCOCC3)C4)ncnc2s1. The average Bonchev–Trinajstić information content (AvgIpc) is 3.07. The van der Waals surface area contributed by atoms with E-state index in [0.717, 1.165) is 74.5 Å². The van der Waals surface area contributed by atoms with Gasteiger partial charge in [-0.15, -0.1) is 11.3 Å². The van der Waals surface area contributed by atoms with Gasteiger partial charge in [-0.05, 0) is 37.2 Å². The van der Waals surface area contributed by atoms with E-state index in [1.54, 1.807) is 6.07 Å². The molecule has 3 fully saturated rings. The van der Waals surface area contributed by atoms with Crippen LogP contribution in [0.5, 0.6) is 0 Å². The predicted molar refractivity (Wildman–Crippen MR) is 106 cm³/mol. The van der Waals surface area contributed by atoms with Gasteiger partial charge in [-0.2, -0.15) is 13.2 Å². The third-order valence-electron chi connectivity index (χ3n) is 6.64. The van der Waals surface area contributed by atoms with Gasteiger partial charge in [-0.25, -0.2) is 9.97 Å². The Labute approximate surface area is 171 Å². The number of hydrogen-bond acceptors (Lipinski definition) is 6. The van der Waals surface area contributed by atoms with Crippen molar-refractivity contribution in [2.75, 3.05) is 44.3 Å². The molecule has 0 aliphatic carbocycles. The molecule has 0 N–H and O–H groups in total. The second-order valence-electron chi connectivity index (χ2n) is 8.66. The van der Waals surface area contributed by atoms with Crippen molar-refractivity contribution in [2.24, 2.45) is 5.41 Å². The fourth-order valence-corrected chi connectivity index (χ4v) is 6.08. The fourth-order valence-electron chi connectivity index (χ4n) is 5.06. The van der Waals surface area contributed by atoms with Gasteiger partial charge in [0, 0.05) is 50.3 Å². The number of likely N-dealkylation sites (tertiary alicyclic amines) is 1. The Balaban J connectivity index is 1.25. The highest BCUT2D eigenvalue weighted by Gasteiger charge is 2.47. The zero-order valence-electron chi connectivity index (χ0n) is 16.2. The van der Waals surface area contributed by atoms with Gasteiger partial charge in [0.2, 0.25) is 0 Å². The van der Waals surface area contributed by atoms with Gasteiger partial charge < -0.3 is 9.64 Å². The van der Waals surface area contributed by atoms with E-state index in [9.17, 15) is 13.2 Å². The first-order valence-electron chi connectivity index (χ1n) is 10.3. The monoisotopic (exact) mass is 426 g/mol. The summed E-state index contributed by atoms with van der Waals surface area (Å²) < 4.78 is 43.8. The summed E-state index contributed by atoms with van der Waals surface area (Å²) in [7, 11) is 0. The summed E-state index contributed by atoms with van der Waals surface area (Å²) in [4.78, 5) is 14.4. The van der Waals surface area contributed by atoms with E-state index < -0.39 is 12.6 Å². The highest BCUT2D eigenvalue weighted by Crippen LogP contribution is 2.44. The summed E-state index contributed by atoms with van der Waals surface area (Å²) >= 11 is 1.12. The van der Waals surface area contributed by atoms with Gasteiger partial charge >= 0.3 is 6.18 Å². The molecule has 0 aromatic carbocycles. The number of piperidine rings is 1. The van der Waals surface area contributed by atoms with Gasteiger partial charge in [0.15, 0.2) is 0 Å². The smallest absolute Gasteiger partial charge is 0.381 e. The van der Waals surface area contributed by atoms with Gasteiger partial charge in [-0.3, -0.25) is 4.90 Å². The molecular formula is C20H25F3N4OS. The molecule has 3 aliphatic rings. The average molecular weight is 427 g/mol. The van der Waals surface area contributed by atoms with E-state index in [4.69, 9.17) is 4.74 Å². The topological polar surface area (TPSA) is 41.5 Å². The summed E-state index contributed by atoms with van der Waals surface area (Å²) in [5.41, 5.74) is 0.400. The van der Waals surface area contributed by atoms with Crippen LogP contribution in [0.2, 0.25) is 0 Å². The molecule has 0 saturated carbocycles. The molecule has 2 aromatic heterocycles. The third-order valence-corrected chi connectivity index (χ3v) is 7.69. The van der Waals surface area contributed by atoms with E-state index in [1.165, 1.54) is 19.4 Å². The molecule has 9 heteroatoms. The maximum atomic E-state index is 12.8. The minimum absolute atomic E-state index is 0.300. The molecule has 0 radical (unpaired) electrons. The molecule has 2 aromatic rings. The van der Waals surface area contributed by atoms with Crippen LogP contribution >= 0.6 is 11.3 Å². The molecule has 0 atom stereocenters. The Morgan fingerprint density at radius 3 is 2.55 bits per heavy atom. The Bertz CT molecular complexity index is 864. The van der Waals surface area contributed by atoms with E-state index in [0.29, 0.717) is 21.2 Å². The van der Waals surface area contributed by atoms with E-state index in [1.807, 2.05) is 0 Å². The Morgan fingerprint density at radius 2 is 1.86 bits per heavy atom. The van der Waals surface area contributed by atoms with Gasteiger partial charge in [0.1, 0.15) is 17.0 Å². The van der Waals surface area contributed by atoms with Crippen LogP contribution in [-0.4, -0.2) is 66.5 Å². The number of halogens is 3. The van der Waals surface area contributed by atoms with Gasteiger partial charge in [0.25, 0.3) is 0 Å². The molecule has 5 nitrogen and oxygen atoms in total. The zero-order chi connectivity index (χ0) is 20.1. The highest BCUT2D eigenvalue weighted by atomic mass is 32.1. The van der Waals surface area contributed by atoms with E-state index in [-0.39, 0.29) is 0 Å². The molecule has 3 aliphatic heterocycles. The number of aromatic nitrogens is 2. The van der Waals surface area contributed by atoms with Crippen molar-refractivity contribution in [3.05, 3.63) is 17.3 Å². The Morgan fingerprint density at radius 1 is 1.14 bits per heavy atom. The molecule has 1 spiro atoms. The van der Waals surface area contributed by atoms with Crippen molar-refractivity contribution >= 4 is 27.4 Å². The largest absolute Gasteiger partial charge is 0.393 e. The molecular weight excluding hydrogens is 401 g/mol. The minimum atomic E-state index is -4.20. The molecule has 3 saturated heterocycles. The highest BCUT2D eigenvalue weighted by molar-refractivity contribution is 7.18. The van der Waals surface area contributed by atoms with Crippen LogP contribution in [0.25, 0.3) is 10.2 Å². The second-order valence-corrected chi connectivity index (χ2v) is 9.77. The number of nitrogens with zero attached hydrogens (tertiary/aromatic N) is 4. The number of anilines is 1. The van der Waals surface area contributed by atoms with Crippen molar-refractivity contribution in [1.82, 2.24) is 14.9 Å². The lowest BCUT2D eigenvalue weighted by Gasteiger charge is -2.57. The van der Waals surface area contributed by atoms with Crippen molar-refractivity contribution in [3.63, 3.8) is 0 Å². The fraction of sp³-hybridized carbons (Fsp3) is 0.700. The lowest BCUT2D eigenvalue weighted by molar-refractivity contribution is -0.126. The summed E-state index contributed by atoms with van der Waals surface area (Å²) in [5.74, 6) is 0.787. The molecule has 0 unspecified atom stereocenters. The van der Waals surface area contributed by atoms with Crippen LogP contribution in [0.4, 0.5) is 19.0 Å². The standard InChI is InChI=1S/C20H25F3N4OS/c21-20(22,23)10-15-9-16-17(24-13-25-18(16)29-15)26-5-3-19(4-6-26)11-27(12-19)14-1-7-28-8-2-14/h9,13-14H,1-8,10-12H2. The van der Waals surface area contributed by atoms with Crippen LogP contribution in [-0.2, 0) is 11.2 Å². The summed E-state index contributed by atoms with van der Waals surface area (Å²) in [5, 5.41) is 0.755. The first kappa shape index (κ1) is 19.5. The Hall–Kier alpha value is -1.45. The maximum absolute atomic E-state index is 12.8. The molecule has 5 rings (SSSR count). The number of hydrogen-bond donors (Lipinski definition) is 0. The first-order chi connectivity index (χ1) is 13.9. The zero-order valence-corrected chi connectivity index (χ0v) is 17.1. The van der Waals surface area contributed by atoms with Crippen LogP contribution in [0.1, 0.15) is 30.6 Å². The van der Waals surface area contributed by atoms with Crippen LogP contribution in [0.15, 0.2) is 12.4 Å². The maximum Gasteiger partial charge on any atom is 0.393 e. The number of alkyl halides is 3. The van der Waals surface area contributed by atoms with Crippen LogP contribution < -0.4 is 4.90 Å². The molecule has 29 heavy (non-hydrogen) atoms. The van der Waals surface area contributed by atoms with Crippen molar-refractivity contribution in [2.45, 2.75) is 44.3 Å². The number of ether oxygens (including phenoxy) is 1. The lowest BCUT2D eigenvalue weighted by atomic mass is 9.71. The quantitative estimate of drug-likeness (QED) is 0.745. The first-order valence-corrected chi connectivity index (χ1v) is 11.1. The number of fused-ring (bicyclic) bond motifs is 1. The predicted octanol–water partition coefficient (Wildman–Crippen LogP) is 3.88. The molecule has 0 bridgehead atoms. The summed E-state index contributed by atoms with van der Waals surface area (Å²) in [6.45, 7) is 5.89.